The van der Waals surface area contributed by atoms with Crippen molar-refractivity contribution < 1.29 is 0 Å². The molecule has 0 N–H and O–H groups in total. The summed E-state index contributed by atoms with van der Waals surface area (Å²) in [5, 5.41) is 0. The molecule has 4 aromatic rings. The van der Waals surface area contributed by atoms with Crippen molar-refractivity contribution in [2.75, 3.05) is 4.90 Å². The first-order chi connectivity index (χ1) is 16.8. The molecule has 2 aliphatic rings. The van der Waals surface area contributed by atoms with E-state index in [9.17, 15) is 0 Å². The van der Waals surface area contributed by atoms with Gasteiger partial charge in [0.05, 0.1) is 22.5 Å². The van der Waals surface area contributed by atoms with Crippen LogP contribution in [0.1, 0.15) is 36.2 Å². The zero-order chi connectivity index (χ0) is 23.1. The monoisotopic (exact) mass is 438 g/mol. The Balaban J connectivity index is 1.76. The fraction of sp³-hybridized carbons (Fsp3) is 0.0938. The van der Waals surface area contributed by atoms with Crippen LogP contribution >= 0.6 is 0 Å². The maximum atomic E-state index is 4.87. The number of fused-ring (bicyclic) bond motifs is 6. The highest BCUT2D eigenvalue weighted by Crippen LogP contribution is 2.62. The predicted octanol–water partition coefficient (Wildman–Crippen LogP) is 8.12. The number of aromatic nitrogens is 1. The van der Waals surface area contributed by atoms with E-state index in [1.165, 1.54) is 39.2 Å². The first kappa shape index (κ1) is 20.4. The molecular formula is C32H26N2. The molecule has 0 amide bonds. The normalized spacial score (nSPS) is 15.8. The molecule has 1 spiro atoms. The number of anilines is 3. The highest BCUT2D eigenvalue weighted by molar-refractivity contribution is 5.95. The summed E-state index contributed by atoms with van der Waals surface area (Å²) in [6, 6.07) is 32.7. The van der Waals surface area contributed by atoms with Crippen molar-refractivity contribution in [1.82, 2.24) is 4.98 Å². The fourth-order valence-corrected chi connectivity index (χ4v) is 5.76. The first-order valence-electron chi connectivity index (χ1n) is 11.8. The SMILES string of the molecule is C/C=C/C=C\C1=C(C)c2ncccc2C12c1ccccc1N(c1ccccc1)c1ccccc12. The van der Waals surface area contributed by atoms with Crippen LogP contribution in [-0.2, 0) is 5.41 Å². The van der Waals surface area contributed by atoms with E-state index >= 15 is 0 Å². The lowest BCUT2D eigenvalue weighted by Crippen LogP contribution is -2.36. The van der Waals surface area contributed by atoms with Gasteiger partial charge in [0.2, 0.25) is 0 Å². The van der Waals surface area contributed by atoms with E-state index in [4.69, 9.17) is 4.98 Å². The molecule has 0 saturated carbocycles. The molecule has 6 rings (SSSR count). The number of benzene rings is 3. The third-order valence-corrected chi connectivity index (χ3v) is 7.05. The van der Waals surface area contributed by atoms with Crippen LogP contribution in [0.5, 0.6) is 0 Å². The van der Waals surface area contributed by atoms with Crippen LogP contribution in [0.2, 0.25) is 0 Å². The minimum Gasteiger partial charge on any atom is -0.310 e. The second-order valence-corrected chi connectivity index (χ2v) is 8.78. The molecule has 0 fully saturated rings. The van der Waals surface area contributed by atoms with Gasteiger partial charge in [-0.2, -0.15) is 0 Å². The maximum absolute atomic E-state index is 4.87. The Morgan fingerprint density at radius 1 is 0.706 bits per heavy atom. The molecule has 2 heteroatoms. The summed E-state index contributed by atoms with van der Waals surface area (Å²) in [7, 11) is 0. The Hall–Kier alpha value is -4.17. The van der Waals surface area contributed by atoms with E-state index in [-0.39, 0.29) is 0 Å². The zero-order valence-electron chi connectivity index (χ0n) is 19.4. The summed E-state index contributed by atoms with van der Waals surface area (Å²) < 4.78 is 0. The minimum absolute atomic E-state index is 0.426. The van der Waals surface area contributed by atoms with Gasteiger partial charge in [0, 0.05) is 11.9 Å². The predicted molar refractivity (Wildman–Crippen MR) is 142 cm³/mol. The van der Waals surface area contributed by atoms with Gasteiger partial charge in [-0.25, -0.2) is 0 Å². The van der Waals surface area contributed by atoms with Crippen LogP contribution in [-0.4, -0.2) is 4.98 Å². The molecule has 1 aliphatic carbocycles. The van der Waals surface area contributed by atoms with Crippen molar-refractivity contribution in [3.05, 3.63) is 149 Å². The highest BCUT2D eigenvalue weighted by atomic mass is 15.2. The lowest BCUT2D eigenvalue weighted by atomic mass is 9.64. The molecule has 0 atom stereocenters. The largest absolute Gasteiger partial charge is 0.310 e. The van der Waals surface area contributed by atoms with E-state index in [2.05, 4.69) is 134 Å². The molecule has 1 aromatic heterocycles. The number of nitrogens with zero attached hydrogens (tertiary/aromatic N) is 2. The third kappa shape index (κ3) is 2.72. The van der Waals surface area contributed by atoms with Gasteiger partial charge in [-0.15, -0.1) is 0 Å². The minimum atomic E-state index is -0.426. The average Bonchev–Trinajstić information content (AvgIpc) is 3.14. The van der Waals surface area contributed by atoms with E-state index < -0.39 is 5.41 Å². The number of hydrogen-bond donors (Lipinski definition) is 0. The van der Waals surface area contributed by atoms with Gasteiger partial charge in [-0.05, 0) is 72.0 Å². The van der Waals surface area contributed by atoms with Crippen molar-refractivity contribution in [3.63, 3.8) is 0 Å². The van der Waals surface area contributed by atoms with Crippen LogP contribution in [0.25, 0.3) is 5.57 Å². The van der Waals surface area contributed by atoms with Crippen LogP contribution in [0.3, 0.4) is 0 Å². The Kier molecular flexibility index (Phi) is 4.81. The molecule has 1 aliphatic heterocycles. The Morgan fingerprint density at radius 3 is 2.00 bits per heavy atom. The smallest absolute Gasteiger partial charge is 0.0766 e. The molecule has 0 radical (unpaired) electrons. The lowest BCUT2D eigenvalue weighted by molar-refractivity contribution is 0.743. The van der Waals surface area contributed by atoms with Gasteiger partial charge in [0.15, 0.2) is 0 Å². The van der Waals surface area contributed by atoms with Gasteiger partial charge in [-0.1, -0.05) is 85.0 Å². The van der Waals surface area contributed by atoms with Crippen molar-refractivity contribution in [3.8, 4) is 0 Å². The summed E-state index contributed by atoms with van der Waals surface area (Å²) >= 11 is 0. The van der Waals surface area contributed by atoms with E-state index in [0.29, 0.717) is 0 Å². The van der Waals surface area contributed by atoms with Crippen molar-refractivity contribution in [2.24, 2.45) is 0 Å². The van der Waals surface area contributed by atoms with Crippen LogP contribution in [0.4, 0.5) is 17.1 Å². The van der Waals surface area contributed by atoms with Gasteiger partial charge in [-0.3, -0.25) is 4.98 Å². The van der Waals surface area contributed by atoms with Gasteiger partial charge < -0.3 is 4.90 Å². The zero-order valence-corrected chi connectivity index (χ0v) is 19.4. The lowest BCUT2D eigenvalue weighted by Gasteiger charge is -2.45. The Morgan fingerprint density at radius 2 is 1.32 bits per heavy atom. The highest BCUT2D eigenvalue weighted by Gasteiger charge is 2.51. The summed E-state index contributed by atoms with van der Waals surface area (Å²) in [6.07, 6.45) is 10.5. The van der Waals surface area contributed by atoms with Crippen LogP contribution in [0, 0.1) is 0 Å². The van der Waals surface area contributed by atoms with Crippen molar-refractivity contribution in [1.29, 1.82) is 0 Å². The molecule has 2 heterocycles. The molecular weight excluding hydrogens is 412 g/mol. The topological polar surface area (TPSA) is 16.1 Å². The van der Waals surface area contributed by atoms with E-state index in [0.717, 1.165) is 11.4 Å². The first-order valence-corrected chi connectivity index (χ1v) is 11.8. The number of pyridine rings is 1. The number of allylic oxidation sites excluding steroid dienone is 6. The summed E-state index contributed by atoms with van der Waals surface area (Å²) in [5.41, 5.74) is 10.6. The molecule has 0 saturated heterocycles. The van der Waals surface area contributed by atoms with Gasteiger partial charge in [0.25, 0.3) is 0 Å². The average molecular weight is 439 g/mol. The number of rotatable bonds is 3. The third-order valence-electron chi connectivity index (χ3n) is 7.05. The standard InChI is InChI=1S/C32H26N2/c1-3-4-6-16-25-23(2)31-28(19-13-22-33-31)32(25)26-17-9-11-20-29(26)34(24-14-7-5-8-15-24)30-21-12-10-18-27(30)32/h3-22H,1-2H3/b4-3+,16-6-. The van der Waals surface area contributed by atoms with Crippen LogP contribution < -0.4 is 4.90 Å². The van der Waals surface area contributed by atoms with Crippen molar-refractivity contribution in [2.45, 2.75) is 19.3 Å². The number of hydrogen-bond acceptors (Lipinski definition) is 2. The maximum Gasteiger partial charge on any atom is 0.0766 e. The second-order valence-electron chi connectivity index (χ2n) is 8.78. The van der Waals surface area contributed by atoms with E-state index in [1.807, 2.05) is 6.20 Å². The fourth-order valence-electron chi connectivity index (χ4n) is 5.76. The van der Waals surface area contributed by atoms with Crippen molar-refractivity contribution >= 4 is 22.6 Å². The molecule has 0 bridgehead atoms. The summed E-state index contributed by atoms with van der Waals surface area (Å²) in [4.78, 5) is 7.26. The van der Waals surface area contributed by atoms with Gasteiger partial charge in [0.1, 0.15) is 0 Å². The molecule has 0 unspecified atom stereocenters. The van der Waals surface area contributed by atoms with Gasteiger partial charge >= 0.3 is 0 Å². The molecule has 2 nitrogen and oxygen atoms in total. The number of para-hydroxylation sites is 3. The molecule has 34 heavy (non-hydrogen) atoms. The van der Waals surface area contributed by atoms with Crippen LogP contribution in [0.15, 0.2) is 127 Å². The summed E-state index contributed by atoms with van der Waals surface area (Å²) in [5.74, 6) is 0. The Bertz CT molecular complexity index is 1430. The Labute approximate surface area is 201 Å². The quantitative estimate of drug-likeness (QED) is 0.300. The molecule has 3 aromatic carbocycles. The molecule has 164 valence electrons. The second kappa shape index (κ2) is 8.00. The summed E-state index contributed by atoms with van der Waals surface area (Å²) in [6.45, 7) is 4.26. The van der Waals surface area contributed by atoms with E-state index in [1.54, 1.807) is 0 Å².